The molecule has 0 aliphatic carbocycles. The number of ether oxygens (including phenoxy) is 3. The average Bonchev–Trinajstić information content (AvgIpc) is 2.87. The first kappa shape index (κ1) is 13.5. The number of alkyl halides is 1. The summed E-state index contributed by atoms with van der Waals surface area (Å²) >= 11 is 5.74. The summed E-state index contributed by atoms with van der Waals surface area (Å²) in [6.07, 6.45) is 0.151. The molecule has 1 saturated heterocycles. The molecule has 18 heavy (non-hydrogen) atoms. The number of nitrogens with zero attached hydrogens (tertiary/aromatic N) is 1. The highest BCUT2D eigenvalue weighted by atomic mass is 35.5. The van der Waals surface area contributed by atoms with Crippen LogP contribution in [0.2, 0.25) is 0 Å². The largest absolute Gasteiger partial charge is 0.493 e. The molecule has 2 rings (SSSR count). The lowest BCUT2D eigenvalue weighted by Crippen LogP contribution is -2.27. The number of benzene rings is 1. The van der Waals surface area contributed by atoms with Crippen molar-refractivity contribution in [2.75, 3.05) is 39.4 Å². The molecule has 1 aromatic rings. The van der Waals surface area contributed by atoms with Crippen LogP contribution in [0, 0.1) is 0 Å². The van der Waals surface area contributed by atoms with Crippen LogP contribution in [0.1, 0.15) is 0 Å². The van der Waals surface area contributed by atoms with Gasteiger partial charge in [0.15, 0.2) is 11.5 Å². The molecule has 1 atom stereocenters. The second-order valence-corrected chi connectivity index (χ2v) is 4.46. The molecular weight excluding hydrogens is 254 g/mol. The van der Waals surface area contributed by atoms with Crippen LogP contribution < -0.4 is 9.47 Å². The summed E-state index contributed by atoms with van der Waals surface area (Å²) < 4.78 is 16.4. The fourth-order valence-electron chi connectivity index (χ4n) is 1.88. The number of hydrogen-bond donors (Lipinski definition) is 0. The van der Waals surface area contributed by atoms with Gasteiger partial charge in [0.1, 0.15) is 6.61 Å². The molecule has 0 radical (unpaired) electrons. The predicted molar refractivity (Wildman–Crippen MR) is 70.5 cm³/mol. The molecule has 1 aliphatic heterocycles. The van der Waals surface area contributed by atoms with E-state index >= 15 is 0 Å². The van der Waals surface area contributed by atoms with Gasteiger partial charge in [-0.1, -0.05) is 12.1 Å². The van der Waals surface area contributed by atoms with Crippen LogP contribution in [-0.4, -0.2) is 50.4 Å². The van der Waals surface area contributed by atoms with Crippen molar-refractivity contribution in [1.82, 2.24) is 4.90 Å². The summed E-state index contributed by atoms with van der Waals surface area (Å²) in [6.45, 7) is 2.94. The van der Waals surface area contributed by atoms with E-state index in [2.05, 4.69) is 4.90 Å². The van der Waals surface area contributed by atoms with Gasteiger partial charge in [0.2, 0.25) is 0 Å². The highest BCUT2D eigenvalue weighted by Crippen LogP contribution is 2.25. The van der Waals surface area contributed by atoms with E-state index in [4.69, 9.17) is 25.8 Å². The number of methoxy groups -OCH3 is 1. The molecule has 0 N–H and O–H groups in total. The SMILES string of the molecule is COc1ccccc1OCCN1CO[C@H](CCl)C1. The van der Waals surface area contributed by atoms with Crippen LogP contribution in [0.15, 0.2) is 24.3 Å². The molecule has 0 saturated carbocycles. The molecule has 0 unspecified atom stereocenters. The van der Waals surface area contributed by atoms with Gasteiger partial charge in [-0.15, -0.1) is 11.6 Å². The molecule has 4 nitrogen and oxygen atoms in total. The zero-order chi connectivity index (χ0) is 12.8. The smallest absolute Gasteiger partial charge is 0.161 e. The fraction of sp³-hybridized carbons (Fsp3) is 0.538. The van der Waals surface area contributed by atoms with E-state index in [9.17, 15) is 0 Å². The number of halogens is 1. The molecule has 0 aromatic heterocycles. The maximum absolute atomic E-state index is 5.74. The summed E-state index contributed by atoms with van der Waals surface area (Å²) in [5.41, 5.74) is 0. The van der Waals surface area contributed by atoms with Crippen molar-refractivity contribution in [1.29, 1.82) is 0 Å². The Morgan fingerprint density at radius 2 is 2.17 bits per heavy atom. The van der Waals surface area contributed by atoms with Gasteiger partial charge in [-0.3, -0.25) is 4.90 Å². The molecule has 5 heteroatoms. The monoisotopic (exact) mass is 271 g/mol. The third kappa shape index (κ3) is 3.51. The van der Waals surface area contributed by atoms with E-state index in [1.54, 1.807) is 7.11 Å². The Morgan fingerprint density at radius 1 is 1.39 bits per heavy atom. The van der Waals surface area contributed by atoms with Gasteiger partial charge >= 0.3 is 0 Å². The van der Waals surface area contributed by atoms with Crippen LogP contribution in [0.3, 0.4) is 0 Å². The zero-order valence-electron chi connectivity index (χ0n) is 10.5. The second kappa shape index (κ2) is 6.83. The highest BCUT2D eigenvalue weighted by molar-refractivity contribution is 6.18. The van der Waals surface area contributed by atoms with Gasteiger partial charge in [0.25, 0.3) is 0 Å². The first-order chi connectivity index (χ1) is 8.83. The van der Waals surface area contributed by atoms with Crippen molar-refractivity contribution in [3.63, 3.8) is 0 Å². The minimum Gasteiger partial charge on any atom is -0.493 e. The summed E-state index contributed by atoms with van der Waals surface area (Å²) in [5, 5.41) is 0. The van der Waals surface area contributed by atoms with Crippen LogP contribution in [0.5, 0.6) is 11.5 Å². The maximum atomic E-state index is 5.74. The lowest BCUT2D eigenvalue weighted by atomic mass is 10.3. The highest BCUT2D eigenvalue weighted by Gasteiger charge is 2.21. The van der Waals surface area contributed by atoms with Crippen molar-refractivity contribution < 1.29 is 14.2 Å². The molecule has 100 valence electrons. The third-order valence-electron chi connectivity index (χ3n) is 2.86. The van der Waals surface area contributed by atoms with E-state index in [1.807, 2.05) is 24.3 Å². The first-order valence-electron chi connectivity index (χ1n) is 5.99. The predicted octanol–water partition coefficient (Wildman–Crippen LogP) is 1.97. The first-order valence-corrected chi connectivity index (χ1v) is 6.52. The molecule has 1 aliphatic rings. The molecular formula is C13H18ClNO3. The van der Waals surface area contributed by atoms with E-state index in [1.165, 1.54) is 0 Å². The Balaban J connectivity index is 1.75. The summed E-state index contributed by atoms with van der Waals surface area (Å²) in [5.74, 6) is 2.08. The Labute approximate surface area is 112 Å². The van der Waals surface area contributed by atoms with Crippen LogP contribution in [-0.2, 0) is 4.74 Å². The van der Waals surface area contributed by atoms with Gasteiger partial charge in [0.05, 0.1) is 19.9 Å². The summed E-state index contributed by atoms with van der Waals surface area (Å²) in [6, 6.07) is 7.64. The van der Waals surface area contributed by atoms with Gasteiger partial charge in [-0.25, -0.2) is 0 Å². The second-order valence-electron chi connectivity index (χ2n) is 4.15. The Bertz CT molecular complexity index is 375. The van der Waals surface area contributed by atoms with Gasteiger partial charge in [0, 0.05) is 19.0 Å². The van der Waals surface area contributed by atoms with E-state index < -0.39 is 0 Å². The molecule has 1 fully saturated rings. The Hall–Kier alpha value is -0.970. The summed E-state index contributed by atoms with van der Waals surface area (Å²) in [7, 11) is 1.64. The van der Waals surface area contributed by atoms with Gasteiger partial charge < -0.3 is 14.2 Å². The van der Waals surface area contributed by atoms with Crippen molar-refractivity contribution in [3.05, 3.63) is 24.3 Å². The Kier molecular flexibility index (Phi) is 5.11. The molecule has 1 aromatic carbocycles. The van der Waals surface area contributed by atoms with Crippen molar-refractivity contribution in [2.24, 2.45) is 0 Å². The normalized spacial score (nSPS) is 20.0. The van der Waals surface area contributed by atoms with E-state index in [0.29, 0.717) is 19.2 Å². The van der Waals surface area contributed by atoms with Crippen LogP contribution in [0.25, 0.3) is 0 Å². The number of hydrogen-bond acceptors (Lipinski definition) is 4. The minimum absolute atomic E-state index is 0.151. The average molecular weight is 272 g/mol. The standard InChI is InChI=1S/C13H18ClNO3/c1-16-12-4-2-3-5-13(12)17-7-6-15-9-11(8-14)18-10-15/h2-5,11H,6-10H2,1H3/t11-/m1/s1. The minimum atomic E-state index is 0.151. The quantitative estimate of drug-likeness (QED) is 0.741. The van der Waals surface area contributed by atoms with E-state index in [-0.39, 0.29) is 6.10 Å². The van der Waals surface area contributed by atoms with E-state index in [0.717, 1.165) is 24.6 Å². The van der Waals surface area contributed by atoms with Crippen molar-refractivity contribution >= 4 is 11.6 Å². The maximum Gasteiger partial charge on any atom is 0.161 e. The van der Waals surface area contributed by atoms with Gasteiger partial charge in [-0.2, -0.15) is 0 Å². The Morgan fingerprint density at radius 3 is 2.83 bits per heavy atom. The summed E-state index contributed by atoms with van der Waals surface area (Å²) in [4.78, 5) is 2.18. The lowest BCUT2D eigenvalue weighted by molar-refractivity contribution is 0.0953. The van der Waals surface area contributed by atoms with Gasteiger partial charge in [-0.05, 0) is 12.1 Å². The van der Waals surface area contributed by atoms with Crippen molar-refractivity contribution in [2.45, 2.75) is 6.10 Å². The number of rotatable bonds is 6. The fourth-order valence-corrected chi connectivity index (χ4v) is 2.06. The van der Waals surface area contributed by atoms with Crippen LogP contribution >= 0.6 is 11.6 Å². The third-order valence-corrected chi connectivity index (χ3v) is 3.21. The lowest BCUT2D eigenvalue weighted by Gasteiger charge is -2.15. The number of para-hydroxylation sites is 2. The molecule has 0 spiro atoms. The molecule has 0 bridgehead atoms. The van der Waals surface area contributed by atoms with Crippen molar-refractivity contribution in [3.8, 4) is 11.5 Å². The van der Waals surface area contributed by atoms with Crippen LogP contribution in [0.4, 0.5) is 0 Å². The topological polar surface area (TPSA) is 30.9 Å². The molecule has 1 heterocycles. The zero-order valence-corrected chi connectivity index (χ0v) is 11.2. The molecule has 0 amide bonds.